The minimum atomic E-state index is 0.717. The number of nitrogens with zero attached hydrogens (tertiary/aromatic N) is 2. The van der Waals surface area contributed by atoms with Gasteiger partial charge in [0.15, 0.2) is 0 Å². The van der Waals surface area contributed by atoms with Gasteiger partial charge in [0, 0.05) is 9.92 Å². The van der Waals surface area contributed by atoms with E-state index in [9.17, 15) is 0 Å². The zero-order valence-corrected chi connectivity index (χ0v) is 15.4. The molecule has 0 fully saturated rings. The highest BCUT2D eigenvalue weighted by molar-refractivity contribution is 7.99. The molecule has 0 atom stereocenters. The van der Waals surface area contributed by atoms with Crippen molar-refractivity contribution >= 4 is 46.5 Å². The zero-order chi connectivity index (χ0) is 17.8. The fourth-order valence-corrected chi connectivity index (χ4v) is 3.64. The third-order valence-corrected chi connectivity index (χ3v) is 5.19. The number of benzene rings is 3. The molecule has 1 aromatic heterocycles. The number of fused-ring (bicyclic) bond motifs is 1. The third kappa shape index (κ3) is 3.79. The van der Waals surface area contributed by atoms with Crippen molar-refractivity contribution in [2.75, 3.05) is 0 Å². The van der Waals surface area contributed by atoms with Gasteiger partial charge in [-0.2, -0.15) is 0 Å². The van der Waals surface area contributed by atoms with Crippen LogP contribution in [-0.2, 0) is 0 Å². The fourth-order valence-electron chi connectivity index (χ4n) is 2.56. The lowest BCUT2D eigenvalue weighted by Crippen LogP contribution is -1.93. The van der Waals surface area contributed by atoms with Crippen molar-refractivity contribution in [2.45, 2.75) is 9.92 Å². The average Bonchev–Trinajstić information content (AvgIpc) is 2.68. The molecule has 0 aliphatic heterocycles. The van der Waals surface area contributed by atoms with Gasteiger partial charge in [0.05, 0.1) is 16.7 Å². The van der Waals surface area contributed by atoms with E-state index in [4.69, 9.17) is 21.6 Å². The summed E-state index contributed by atoms with van der Waals surface area (Å²) < 4.78 is 0. The quantitative estimate of drug-likeness (QED) is 0.402. The lowest BCUT2D eigenvalue weighted by Gasteiger charge is -2.07. The number of hydrogen-bond acceptors (Lipinski definition) is 3. The Kier molecular flexibility index (Phi) is 5.00. The molecule has 0 aliphatic carbocycles. The van der Waals surface area contributed by atoms with Gasteiger partial charge in [0.1, 0.15) is 5.03 Å². The first-order chi connectivity index (χ1) is 12.8. The van der Waals surface area contributed by atoms with Gasteiger partial charge in [-0.3, -0.25) is 0 Å². The Morgan fingerprint density at radius 3 is 2.12 bits per heavy atom. The van der Waals surface area contributed by atoms with Crippen LogP contribution >= 0.6 is 23.4 Å². The van der Waals surface area contributed by atoms with E-state index >= 15 is 0 Å². The first-order valence-electron chi connectivity index (χ1n) is 8.22. The highest BCUT2D eigenvalue weighted by Crippen LogP contribution is 2.30. The molecule has 26 heavy (non-hydrogen) atoms. The Labute approximate surface area is 161 Å². The molecule has 0 amide bonds. The van der Waals surface area contributed by atoms with Gasteiger partial charge in [0.2, 0.25) is 0 Å². The molecule has 0 bridgehead atoms. The summed E-state index contributed by atoms with van der Waals surface area (Å²) in [5.74, 6) is 0. The van der Waals surface area contributed by atoms with Gasteiger partial charge in [-0.15, -0.1) is 0 Å². The van der Waals surface area contributed by atoms with Gasteiger partial charge in [-0.25, -0.2) is 9.97 Å². The van der Waals surface area contributed by atoms with Crippen molar-refractivity contribution in [2.24, 2.45) is 0 Å². The first kappa shape index (κ1) is 16.8. The maximum atomic E-state index is 6.26. The van der Waals surface area contributed by atoms with Crippen LogP contribution in [0.5, 0.6) is 0 Å². The average molecular weight is 375 g/mol. The Bertz CT molecular complexity index is 1080. The first-order valence-corrected chi connectivity index (χ1v) is 9.41. The Balaban J connectivity index is 1.78. The predicted octanol–water partition coefficient (Wildman–Crippen LogP) is 6.60. The molecule has 2 nitrogen and oxygen atoms in total. The molecule has 4 aromatic rings. The Hall–Kier alpha value is -2.62. The zero-order valence-electron chi connectivity index (χ0n) is 13.8. The van der Waals surface area contributed by atoms with Crippen LogP contribution in [0, 0.1) is 0 Å². The van der Waals surface area contributed by atoms with Gasteiger partial charge in [-0.1, -0.05) is 78.0 Å². The minimum absolute atomic E-state index is 0.717. The molecule has 4 rings (SSSR count). The van der Waals surface area contributed by atoms with E-state index in [-0.39, 0.29) is 0 Å². The maximum absolute atomic E-state index is 6.26. The van der Waals surface area contributed by atoms with Crippen molar-refractivity contribution in [3.63, 3.8) is 0 Å². The van der Waals surface area contributed by atoms with Crippen molar-refractivity contribution in [3.8, 4) is 0 Å². The number of para-hydroxylation sites is 2. The maximum Gasteiger partial charge on any atom is 0.127 e. The highest BCUT2D eigenvalue weighted by atomic mass is 35.5. The van der Waals surface area contributed by atoms with Crippen LogP contribution in [0.4, 0.5) is 0 Å². The van der Waals surface area contributed by atoms with E-state index in [0.717, 1.165) is 37.2 Å². The monoisotopic (exact) mass is 374 g/mol. The number of rotatable bonds is 4. The van der Waals surface area contributed by atoms with Crippen LogP contribution in [-0.4, -0.2) is 9.97 Å². The van der Waals surface area contributed by atoms with Crippen LogP contribution in [0.15, 0.2) is 88.8 Å². The van der Waals surface area contributed by atoms with Gasteiger partial charge >= 0.3 is 0 Å². The van der Waals surface area contributed by atoms with E-state index in [1.165, 1.54) is 0 Å². The van der Waals surface area contributed by atoms with Crippen molar-refractivity contribution in [3.05, 3.63) is 95.1 Å². The van der Waals surface area contributed by atoms with Crippen molar-refractivity contribution in [1.82, 2.24) is 9.97 Å². The van der Waals surface area contributed by atoms with E-state index < -0.39 is 0 Å². The Morgan fingerprint density at radius 1 is 0.692 bits per heavy atom. The molecular formula is C22H15ClN2S. The summed E-state index contributed by atoms with van der Waals surface area (Å²) in [6.45, 7) is 0. The predicted molar refractivity (Wildman–Crippen MR) is 110 cm³/mol. The molecule has 1 heterocycles. The molecule has 0 unspecified atom stereocenters. The Morgan fingerprint density at radius 2 is 1.35 bits per heavy atom. The summed E-state index contributed by atoms with van der Waals surface area (Å²) in [6, 6.07) is 25.9. The van der Waals surface area contributed by atoms with E-state index in [2.05, 4.69) is 12.1 Å². The molecule has 0 saturated carbocycles. The lowest BCUT2D eigenvalue weighted by atomic mass is 10.2. The largest absolute Gasteiger partial charge is 0.244 e. The molecule has 126 valence electrons. The van der Waals surface area contributed by atoms with Crippen LogP contribution in [0.25, 0.3) is 23.2 Å². The molecule has 0 aliphatic rings. The van der Waals surface area contributed by atoms with Gasteiger partial charge in [0.25, 0.3) is 0 Å². The SMILES string of the molecule is Clc1ccccc1/C=C/c1nc2ccccc2nc1Sc1ccccc1. The second kappa shape index (κ2) is 7.73. The molecule has 0 spiro atoms. The van der Waals surface area contributed by atoms with E-state index in [1.54, 1.807) is 11.8 Å². The topological polar surface area (TPSA) is 25.8 Å². The van der Waals surface area contributed by atoms with Crippen molar-refractivity contribution < 1.29 is 0 Å². The number of halogens is 1. The second-order valence-electron chi connectivity index (χ2n) is 5.67. The molecule has 3 aromatic carbocycles. The summed E-state index contributed by atoms with van der Waals surface area (Å²) in [7, 11) is 0. The minimum Gasteiger partial charge on any atom is -0.244 e. The molecule has 0 N–H and O–H groups in total. The molecule has 0 saturated heterocycles. The summed E-state index contributed by atoms with van der Waals surface area (Å²) in [4.78, 5) is 10.8. The summed E-state index contributed by atoms with van der Waals surface area (Å²) in [5, 5.41) is 1.59. The normalized spacial score (nSPS) is 11.3. The van der Waals surface area contributed by atoms with Crippen LogP contribution in [0.2, 0.25) is 5.02 Å². The third-order valence-electron chi connectivity index (χ3n) is 3.85. The van der Waals surface area contributed by atoms with Gasteiger partial charge < -0.3 is 0 Å². The molecule has 4 heteroatoms. The number of aromatic nitrogens is 2. The number of hydrogen-bond donors (Lipinski definition) is 0. The standard InChI is InChI=1S/C22H15ClN2S/c23-18-11-5-4-8-16(18)14-15-21-22(26-17-9-2-1-3-10-17)25-20-13-7-6-12-19(20)24-21/h1-15H/b15-14+. The summed E-state index contributed by atoms with van der Waals surface area (Å²) in [6.07, 6.45) is 3.96. The van der Waals surface area contributed by atoms with E-state index in [1.807, 2.05) is 78.9 Å². The van der Waals surface area contributed by atoms with E-state index in [0.29, 0.717) is 0 Å². The smallest absolute Gasteiger partial charge is 0.127 e. The molecule has 0 radical (unpaired) electrons. The van der Waals surface area contributed by atoms with Gasteiger partial charge in [-0.05, 0) is 42.0 Å². The summed E-state index contributed by atoms with van der Waals surface area (Å²) in [5.41, 5.74) is 3.56. The van der Waals surface area contributed by atoms with Crippen LogP contribution in [0.1, 0.15) is 11.3 Å². The second-order valence-corrected chi connectivity index (χ2v) is 7.14. The highest BCUT2D eigenvalue weighted by Gasteiger charge is 2.08. The summed E-state index contributed by atoms with van der Waals surface area (Å²) >= 11 is 7.87. The molecular weight excluding hydrogens is 360 g/mol. The fraction of sp³-hybridized carbons (Fsp3) is 0. The lowest BCUT2D eigenvalue weighted by molar-refractivity contribution is 1.10. The van der Waals surface area contributed by atoms with Crippen LogP contribution in [0.3, 0.4) is 0 Å². The van der Waals surface area contributed by atoms with Crippen LogP contribution < -0.4 is 0 Å². The van der Waals surface area contributed by atoms with Crippen molar-refractivity contribution in [1.29, 1.82) is 0 Å².